The maximum Gasteiger partial charge on any atom is 0.414 e. The molecule has 1 aliphatic rings. The molecule has 2 aromatic carbocycles. The summed E-state index contributed by atoms with van der Waals surface area (Å²) in [5.41, 5.74) is 10.0. The predicted molar refractivity (Wildman–Crippen MR) is 105 cm³/mol. The number of amides is 1. The van der Waals surface area contributed by atoms with Gasteiger partial charge in [-0.15, -0.1) is 0 Å². The van der Waals surface area contributed by atoms with E-state index in [-0.39, 0.29) is 6.09 Å². The highest BCUT2D eigenvalue weighted by Gasteiger charge is 2.23. The maximum atomic E-state index is 11.6. The Hall–Kier alpha value is -3.02. The molecule has 0 aliphatic carbocycles. The zero-order valence-electron chi connectivity index (χ0n) is 15.1. The number of nitrogens with zero attached hydrogens (tertiary/aromatic N) is 2. The number of benzene rings is 2. The second-order valence-corrected chi connectivity index (χ2v) is 6.54. The van der Waals surface area contributed by atoms with Crippen molar-refractivity contribution in [3.63, 3.8) is 0 Å². The molecule has 1 fully saturated rings. The Morgan fingerprint density at radius 3 is 2.69 bits per heavy atom. The van der Waals surface area contributed by atoms with Crippen molar-refractivity contribution in [3.8, 4) is 0 Å². The molecule has 26 heavy (non-hydrogen) atoms. The average Bonchev–Trinajstić information content (AvgIpc) is 3.06. The minimum atomic E-state index is -0.298. The van der Waals surface area contributed by atoms with Crippen molar-refractivity contribution in [3.05, 3.63) is 59.7 Å². The highest BCUT2D eigenvalue weighted by atomic mass is 16.6. The maximum absolute atomic E-state index is 11.6. The van der Waals surface area contributed by atoms with Gasteiger partial charge in [0.15, 0.2) is 5.96 Å². The molecule has 3 rings (SSSR count). The van der Waals surface area contributed by atoms with Crippen molar-refractivity contribution >= 4 is 23.4 Å². The lowest BCUT2D eigenvalue weighted by Crippen LogP contribution is -2.23. The Balaban J connectivity index is 1.60. The van der Waals surface area contributed by atoms with Crippen LogP contribution in [0.1, 0.15) is 30.9 Å². The Morgan fingerprint density at radius 1 is 1.27 bits per heavy atom. The lowest BCUT2D eigenvalue weighted by Gasteiger charge is -2.13. The van der Waals surface area contributed by atoms with Crippen LogP contribution in [0.5, 0.6) is 0 Å². The van der Waals surface area contributed by atoms with Gasteiger partial charge in [0.1, 0.15) is 6.61 Å². The van der Waals surface area contributed by atoms with E-state index in [2.05, 4.69) is 36.3 Å². The predicted octanol–water partition coefficient (Wildman–Crippen LogP) is 3.69. The minimum absolute atomic E-state index is 0.298. The third kappa shape index (κ3) is 4.33. The van der Waals surface area contributed by atoms with Crippen molar-refractivity contribution in [2.75, 3.05) is 23.4 Å². The standard InChI is InChI=1S/C20H24N4O2/c1-14(2)16-4-3-5-17(12-16)23-19(21)22-13-15-6-8-18(9-7-15)24-10-11-26-20(24)25/h3-9,12,14H,10-11,13H2,1-2H3,(H3,21,22,23). The molecule has 0 unspecified atom stereocenters. The molecular weight excluding hydrogens is 328 g/mol. The lowest BCUT2D eigenvalue weighted by atomic mass is 10.0. The van der Waals surface area contributed by atoms with Crippen molar-refractivity contribution in [1.29, 1.82) is 0 Å². The van der Waals surface area contributed by atoms with E-state index in [9.17, 15) is 4.79 Å². The molecule has 0 saturated carbocycles. The van der Waals surface area contributed by atoms with Crippen LogP contribution in [0.4, 0.5) is 16.2 Å². The molecule has 1 amide bonds. The number of rotatable bonds is 5. The summed E-state index contributed by atoms with van der Waals surface area (Å²) in [6, 6.07) is 15.8. The summed E-state index contributed by atoms with van der Waals surface area (Å²) in [6.07, 6.45) is -0.298. The molecule has 1 heterocycles. The first kappa shape index (κ1) is 17.8. The largest absolute Gasteiger partial charge is 0.447 e. The van der Waals surface area contributed by atoms with E-state index in [1.54, 1.807) is 4.90 Å². The molecule has 0 atom stereocenters. The highest BCUT2D eigenvalue weighted by Crippen LogP contribution is 2.20. The number of aliphatic imine (C=N–C) groups is 1. The summed E-state index contributed by atoms with van der Waals surface area (Å²) < 4.78 is 4.95. The van der Waals surface area contributed by atoms with E-state index in [0.717, 1.165) is 16.9 Å². The topological polar surface area (TPSA) is 79.9 Å². The Bertz CT molecular complexity index is 800. The molecule has 136 valence electrons. The Labute approximate surface area is 153 Å². The van der Waals surface area contributed by atoms with Gasteiger partial charge in [-0.1, -0.05) is 38.1 Å². The zero-order valence-corrected chi connectivity index (χ0v) is 15.1. The van der Waals surface area contributed by atoms with Crippen molar-refractivity contribution < 1.29 is 9.53 Å². The number of nitrogens with one attached hydrogen (secondary N) is 1. The van der Waals surface area contributed by atoms with Crippen LogP contribution in [-0.4, -0.2) is 25.2 Å². The normalized spacial score (nSPS) is 14.7. The van der Waals surface area contributed by atoms with Crippen LogP contribution < -0.4 is 16.0 Å². The van der Waals surface area contributed by atoms with Gasteiger partial charge in [0.2, 0.25) is 0 Å². The first-order valence-electron chi connectivity index (χ1n) is 8.73. The third-order valence-electron chi connectivity index (χ3n) is 4.27. The second-order valence-electron chi connectivity index (χ2n) is 6.54. The quantitative estimate of drug-likeness (QED) is 0.635. The monoisotopic (exact) mass is 352 g/mol. The summed E-state index contributed by atoms with van der Waals surface area (Å²) in [4.78, 5) is 17.6. The molecule has 0 radical (unpaired) electrons. The first-order valence-corrected chi connectivity index (χ1v) is 8.73. The van der Waals surface area contributed by atoms with Crippen LogP contribution in [0.3, 0.4) is 0 Å². The van der Waals surface area contributed by atoms with Crippen LogP contribution in [0.15, 0.2) is 53.5 Å². The summed E-state index contributed by atoms with van der Waals surface area (Å²) in [5.74, 6) is 0.833. The van der Waals surface area contributed by atoms with Crippen molar-refractivity contribution in [1.82, 2.24) is 0 Å². The zero-order chi connectivity index (χ0) is 18.5. The van der Waals surface area contributed by atoms with Crippen LogP contribution >= 0.6 is 0 Å². The third-order valence-corrected chi connectivity index (χ3v) is 4.27. The molecule has 2 aromatic rings. The van der Waals surface area contributed by atoms with Crippen LogP contribution in [0.25, 0.3) is 0 Å². The van der Waals surface area contributed by atoms with E-state index in [1.807, 2.05) is 36.4 Å². The van der Waals surface area contributed by atoms with Crippen LogP contribution in [0, 0.1) is 0 Å². The van der Waals surface area contributed by atoms with Gasteiger partial charge in [-0.2, -0.15) is 0 Å². The molecule has 3 N–H and O–H groups in total. The summed E-state index contributed by atoms with van der Waals surface area (Å²) in [6.45, 7) is 5.80. The smallest absolute Gasteiger partial charge is 0.414 e. The number of anilines is 2. The number of carbonyl (C=O) groups is 1. The van der Waals surface area contributed by atoms with Crippen LogP contribution in [0.2, 0.25) is 0 Å². The van der Waals surface area contributed by atoms with E-state index >= 15 is 0 Å². The Kier molecular flexibility index (Phi) is 5.41. The minimum Gasteiger partial charge on any atom is -0.447 e. The molecule has 0 aromatic heterocycles. The fraction of sp³-hybridized carbons (Fsp3) is 0.300. The number of nitrogens with two attached hydrogens (primary N) is 1. The Morgan fingerprint density at radius 2 is 2.04 bits per heavy atom. The molecule has 1 aliphatic heterocycles. The van der Waals surface area contributed by atoms with Crippen LogP contribution in [-0.2, 0) is 11.3 Å². The first-order chi connectivity index (χ1) is 12.5. The van der Waals surface area contributed by atoms with Gasteiger partial charge in [0.05, 0.1) is 13.1 Å². The van der Waals surface area contributed by atoms with E-state index < -0.39 is 0 Å². The van der Waals surface area contributed by atoms with Crippen molar-refractivity contribution in [2.24, 2.45) is 10.7 Å². The summed E-state index contributed by atoms with van der Waals surface area (Å²) >= 11 is 0. The molecule has 0 bridgehead atoms. The van der Waals surface area contributed by atoms with E-state index in [4.69, 9.17) is 10.5 Å². The van der Waals surface area contributed by atoms with Crippen molar-refractivity contribution in [2.45, 2.75) is 26.3 Å². The average molecular weight is 352 g/mol. The van der Waals surface area contributed by atoms with Gasteiger partial charge < -0.3 is 15.8 Å². The highest BCUT2D eigenvalue weighted by molar-refractivity contribution is 5.92. The van der Waals surface area contributed by atoms with E-state index in [0.29, 0.717) is 31.6 Å². The molecular formula is C20H24N4O2. The second kappa shape index (κ2) is 7.91. The molecule has 6 heteroatoms. The number of ether oxygens (including phenoxy) is 1. The van der Waals surface area contributed by atoms with Gasteiger partial charge in [-0.05, 0) is 41.3 Å². The lowest BCUT2D eigenvalue weighted by molar-refractivity contribution is 0.181. The molecule has 1 saturated heterocycles. The van der Waals surface area contributed by atoms with Gasteiger partial charge >= 0.3 is 6.09 Å². The molecule has 0 spiro atoms. The number of hydrogen-bond donors (Lipinski definition) is 2. The fourth-order valence-corrected chi connectivity index (χ4v) is 2.75. The summed E-state index contributed by atoms with van der Waals surface area (Å²) in [5, 5.41) is 3.13. The van der Waals surface area contributed by atoms with Gasteiger partial charge in [0.25, 0.3) is 0 Å². The van der Waals surface area contributed by atoms with Gasteiger partial charge in [-0.3, -0.25) is 4.90 Å². The number of carbonyl (C=O) groups excluding carboxylic acids is 1. The summed E-state index contributed by atoms with van der Waals surface area (Å²) in [7, 11) is 0. The number of cyclic esters (lactones) is 1. The number of hydrogen-bond acceptors (Lipinski definition) is 3. The number of guanidine groups is 1. The van der Waals surface area contributed by atoms with Gasteiger partial charge in [-0.25, -0.2) is 9.79 Å². The molecule has 6 nitrogen and oxygen atoms in total. The van der Waals surface area contributed by atoms with Gasteiger partial charge in [0, 0.05) is 11.4 Å². The fourth-order valence-electron chi connectivity index (χ4n) is 2.75. The van der Waals surface area contributed by atoms with E-state index in [1.165, 1.54) is 5.56 Å². The SMILES string of the molecule is CC(C)c1cccc(NC(N)=NCc2ccc(N3CCOC3=O)cc2)c1.